The summed E-state index contributed by atoms with van der Waals surface area (Å²) >= 11 is 1.53. The zero-order chi connectivity index (χ0) is 25.0. The molecule has 1 saturated heterocycles. The molecule has 10 nitrogen and oxygen atoms in total. The SMILES string of the molecule is CSCCC(NC(=O)C(CC(C)C)NC(=O)C(N)CCCCN)C(=O)N1CCCC1C(=O)O. The van der Waals surface area contributed by atoms with E-state index in [-0.39, 0.29) is 5.92 Å². The third-order valence-electron chi connectivity index (χ3n) is 5.69. The Bertz CT molecular complexity index is 663. The Morgan fingerprint density at radius 2 is 1.76 bits per heavy atom. The van der Waals surface area contributed by atoms with Gasteiger partial charge in [-0.2, -0.15) is 11.8 Å². The lowest BCUT2D eigenvalue weighted by atomic mass is 10.0. The maximum Gasteiger partial charge on any atom is 0.326 e. The predicted octanol–water partition coefficient (Wildman–Crippen LogP) is 0.287. The van der Waals surface area contributed by atoms with E-state index in [0.29, 0.717) is 50.9 Å². The van der Waals surface area contributed by atoms with Crippen LogP contribution in [0.2, 0.25) is 0 Å². The molecular weight excluding hydrogens is 446 g/mol. The second-order valence-electron chi connectivity index (χ2n) is 8.95. The fourth-order valence-electron chi connectivity index (χ4n) is 3.87. The number of hydrogen-bond donors (Lipinski definition) is 5. The second kappa shape index (κ2) is 15.1. The van der Waals surface area contributed by atoms with Crippen LogP contribution >= 0.6 is 11.8 Å². The molecule has 1 aliphatic heterocycles. The highest BCUT2D eigenvalue weighted by atomic mass is 32.2. The molecule has 4 atom stereocenters. The summed E-state index contributed by atoms with van der Waals surface area (Å²) in [7, 11) is 0. The zero-order valence-corrected chi connectivity index (χ0v) is 20.9. The topological polar surface area (TPSA) is 168 Å². The maximum atomic E-state index is 13.1. The summed E-state index contributed by atoms with van der Waals surface area (Å²) in [5, 5.41) is 15.0. The van der Waals surface area contributed by atoms with Crippen LogP contribution in [0.5, 0.6) is 0 Å². The molecule has 11 heteroatoms. The number of carbonyl (C=O) groups excluding carboxylic acids is 3. The number of amides is 3. The van der Waals surface area contributed by atoms with E-state index >= 15 is 0 Å². The first kappa shape index (κ1) is 29.2. The van der Waals surface area contributed by atoms with E-state index in [1.165, 1.54) is 16.7 Å². The number of thioether (sulfide) groups is 1. The first-order chi connectivity index (χ1) is 15.6. The number of hydrogen-bond acceptors (Lipinski definition) is 7. The molecule has 1 fully saturated rings. The van der Waals surface area contributed by atoms with Crippen LogP contribution in [0.4, 0.5) is 0 Å². The van der Waals surface area contributed by atoms with Gasteiger partial charge in [-0.05, 0) is 63.0 Å². The molecule has 0 saturated carbocycles. The van der Waals surface area contributed by atoms with Gasteiger partial charge in [0.1, 0.15) is 18.1 Å². The molecule has 0 spiro atoms. The molecule has 1 rings (SSSR count). The number of nitrogens with two attached hydrogens (primary N) is 2. The van der Waals surface area contributed by atoms with Gasteiger partial charge in [0.15, 0.2) is 0 Å². The summed E-state index contributed by atoms with van der Waals surface area (Å²) in [6.07, 6.45) is 5.63. The summed E-state index contributed by atoms with van der Waals surface area (Å²) in [5.74, 6) is -1.57. The summed E-state index contributed by atoms with van der Waals surface area (Å²) in [5.41, 5.74) is 11.5. The minimum atomic E-state index is -1.04. The van der Waals surface area contributed by atoms with Gasteiger partial charge in [0, 0.05) is 6.54 Å². The molecule has 1 aliphatic rings. The number of nitrogens with zero attached hydrogens (tertiary/aromatic N) is 1. The van der Waals surface area contributed by atoms with E-state index in [0.717, 1.165) is 12.8 Å². The lowest BCUT2D eigenvalue weighted by molar-refractivity contribution is -0.149. The Labute approximate surface area is 200 Å². The highest BCUT2D eigenvalue weighted by Gasteiger charge is 2.38. The van der Waals surface area contributed by atoms with E-state index in [4.69, 9.17) is 11.5 Å². The van der Waals surface area contributed by atoms with Crippen LogP contribution in [0.15, 0.2) is 0 Å². The number of unbranched alkanes of at least 4 members (excludes halogenated alkanes) is 1. The Morgan fingerprint density at radius 1 is 1.09 bits per heavy atom. The summed E-state index contributed by atoms with van der Waals surface area (Å²) < 4.78 is 0. The van der Waals surface area contributed by atoms with Crippen LogP contribution < -0.4 is 22.1 Å². The number of rotatable bonds is 15. The molecular formula is C22H41N5O5S. The highest BCUT2D eigenvalue weighted by molar-refractivity contribution is 7.98. The van der Waals surface area contributed by atoms with Gasteiger partial charge in [-0.3, -0.25) is 14.4 Å². The molecule has 4 unspecified atom stereocenters. The zero-order valence-electron chi connectivity index (χ0n) is 20.0. The molecule has 0 bridgehead atoms. The van der Waals surface area contributed by atoms with Crippen molar-refractivity contribution in [3.8, 4) is 0 Å². The van der Waals surface area contributed by atoms with Gasteiger partial charge in [0.2, 0.25) is 17.7 Å². The van der Waals surface area contributed by atoms with Crippen LogP contribution in [-0.4, -0.2) is 83.0 Å². The normalized spacial score (nSPS) is 18.6. The molecule has 0 radical (unpaired) electrons. The summed E-state index contributed by atoms with van der Waals surface area (Å²) in [6, 6.07) is -3.30. The van der Waals surface area contributed by atoms with Crippen molar-refractivity contribution in [2.24, 2.45) is 17.4 Å². The number of carbonyl (C=O) groups is 4. The van der Waals surface area contributed by atoms with E-state index in [2.05, 4.69) is 10.6 Å². The van der Waals surface area contributed by atoms with Gasteiger partial charge in [-0.15, -0.1) is 0 Å². The fourth-order valence-corrected chi connectivity index (χ4v) is 4.35. The van der Waals surface area contributed by atoms with Crippen LogP contribution in [0.3, 0.4) is 0 Å². The molecule has 1 heterocycles. The molecule has 0 aromatic carbocycles. The first-order valence-electron chi connectivity index (χ1n) is 11.7. The van der Waals surface area contributed by atoms with Crippen LogP contribution in [0, 0.1) is 5.92 Å². The van der Waals surface area contributed by atoms with Gasteiger partial charge in [-0.25, -0.2) is 4.79 Å². The predicted molar refractivity (Wildman–Crippen MR) is 130 cm³/mol. The Kier molecular flexibility index (Phi) is 13.4. The van der Waals surface area contributed by atoms with E-state index < -0.39 is 47.9 Å². The Morgan fingerprint density at radius 3 is 2.33 bits per heavy atom. The highest BCUT2D eigenvalue weighted by Crippen LogP contribution is 2.20. The molecule has 0 aromatic rings. The summed E-state index contributed by atoms with van der Waals surface area (Å²) in [4.78, 5) is 51.7. The number of nitrogens with one attached hydrogen (secondary N) is 2. The van der Waals surface area contributed by atoms with Crippen molar-refractivity contribution in [2.75, 3.05) is 25.1 Å². The summed E-state index contributed by atoms with van der Waals surface area (Å²) in [6.45, 7) is 4.75. The van der Waals surface area contributed by atoms with Crippen molar-refractivity contribution in [1.82, 2.24) is 15.5 Å². The van der Waals surface area contributed by atoms with Gasteiger partial charge in [-0.1, -0.05) is 20.3 Å². The van der Waals surface area contributed by atoms with Crippen LogP contribution in [0.25, 0.3) is 0 Å². The number of aliphatic carboxylic acids is 1. The minimum absolute atomic E-state index is 0.116. The Balaban J connectivity index is 2.91. The van der Waals surface area contributed by atoms with Gasteiger partial charge >= 0.3 is 5.97 Å². The molecule has 0 aliphatic carbocycles. The minimum Gasteiger partial charge on any atom is -0.480 e. The lowest BCUT2D eigenvalue weighted by Crippen LogP contribution is -2.57. The number of likely N-dealkylation sites (tertiary alicyclic amines) is 1. The molecule has 0 aromatic heterocycles. The smallest absolute Gasteiger partial charge is 0.326 e. The average Bonchev–Trinajstić information content (AvgIpc) is 3.25. The Hall–Kier alpha value is -1.85. The van der Waals surface area contributed by atoms with Crippen molar-refractivity contribution in [1.29, 1.82) is 0 Å². The number of carboxylic acids is 1. The molecule has 3 amide bonds. The van der Waals surface area contributed by atoms with Gasteiger partial charge < -0.3 is 32.1 Å². The van der Waals surface area contributed by atoms with E-state index in [1.54, 1.807) is 0 Å². The van der Waals surface area contributed by atoms with Crippen molar-refractivity contribution < 1.29 is 24.3 Å². The maximum absolute atomic E-state index is 13.1. The third-order valence-corrected chi connectivity index (χ3v) is 6.34. The monoisotopic (exact) mass is 487 g/mol. The van der Waals surface area contributed by atoms with Crippen molar-refractivity contribution in [2.45, 2.75) is 83.0 Å². The average molecular weight is 488 g/mol. The fraction of sp³-hybridized carbons (Fsp3) is 0.818. The van der Waals surface area contributed by atoms with Gasteiger partial charge in [0.05, 0.1) is 6.04 Å². The number of carboxylic acid groups (broad SMARTS) is 1. The largest absolute Gasteiger partial charge is 0.480 e. The van der Waals surface area contributed by atoms with Crippen molar-refractivity contribution >= 4 is 35.5 Å². The third kappa shape index (κ3) is 9.89. The quantitative estimate of drug-likeness (QED) is 0.205. The molecule has 33 heavy (non-hydrogen) atoms. The van der Waals surface area contributed by atoms with Crippen LogP contribution in [-0.2, 0) is 19.2 Å². The van der Waals surface area contributed by atoms with Crippen molar-refractivity contribution in [3.63, 3.8) is 0 Å². The van der Waals surface area contributed by atoms with Crippen molar-refractivity contribution in [3.05, 3.63) is 0 Å². The van der Waals surface area contributed by atoms with E-state index in [9.17, 15) is 24.3 Å². The van der Waals surface area contributed by atoms with E-state index in [1.807, 2.05) is 20.1 Å². The standard InChI is InChI=1S/C22H41N5O5S/c1-14(2)13-17(26-19(28)15(24)7-4-5-10-23)20(29)25-16(9-12-33-3)21(30)27-11-6-8-18(27)22(31)32/h14-18H,4-13,23-24H2,1-3H3,(H,25,29)(H,26,28)(H,31,32). The second-order valence-corrected chi connectivity index (χ2v) is 9.94. The van der Waals surface area contributed by atoms with Crippen LogP contribution in [0.1, 0.15) is 58.8 Å². The molecule has 190 valence electrons. The first-order valence-corrected chi connectivity index (χ1v) is 13.1. The molecule has 7 N–H and O–H groups in total. The van der Waals surface area contributed by atoms with Gasteiger partial charge in [0.25, 0.3) is 0 Å². The lowest BCUT2D eigenvalue weighted by Gasteiger charge is -2.29.